The second kappa shape index (κ2) is 7.81. The topological polar surface area (TPSA) is 73.6 Å². The van der Waals surface area contributed by atoms with Gasteiger partial charge in [-0.1, -0.05) is 12.1 Å². The van der Waals surface area contributed by atoms with Crippen molar-refractivity contribution < 1.29 is 14.3 Å². The summed E-state index contributed by atoms with van der Waals surface area (Å²) in [5.41, 5.74) is 7.23. The molecule has 1 aromatic carbocycles. The van der Waals surface area contributed by atoms with E-state index in [4.69, 9.17) is 15.2 Å². The van der Waals surface area contributed by atoms with Crippen molar-refractivity contribution in [2.45, 2.75) is 19.1 Å². The molecule has 1 aromatic rings. The van der Waals surface area contributed by atoms with Gasteiger partial charge in [0.1, 0.15) is 0 Å². The van der Waals surface area contributed by atoms with E-state index < -0.39 is 0 Å². The van der Waals surface area contributed by atoms with E-state index in [1.54, 1.807) is 14.2 Å². The summed E-state index contributed by atoms with van der Waals surface area (Å²) in [6.07, 6.45) is 0.00812. The van der Waals surface area contributed by atoms with Crippen molar-refractivity contribution in [2.24, 2.45) is 5.73 Å². The van der Waals surface area contributed by atoms with Crippen LogP contribution in [0.4, 0.5) is 5.69 Å². The monoisotopic (exact) mass is 252 g/mol. The molecule has 0 aliphatic rings. The molecule has 100 valence electrons. The minimum absolute atomic E-state index is 0.109. The zero-order valence-corrected chi connectivity index (χ0v) is 10.8. The fourth-order valence-electron chi connectivity index (χ4n) is 1.59. The van der Waals surface area contributed by atoms with E-state index in [9.17, 15) is 4.79 Å². The number of hydrogen-bond donors (Lipinski definition) is 2. The highest BCUT2D eigenvalue weighted by Crippen LogP contribution is 2.12. The fraction of sp³-hybridized carbons (Fsp3) is 0.462. The molecule has 0 aliphatic carbocycles. The van der Waals surface area contributed by atoms with Gasteiger partial charge in [-0.25, -0.2) is 0 Å². The number of nitrogens with one attached hydrogen (secondary N) is 1. The summed E-state index contributed by atoms with van der Waals surface area (Å²) < 4.78 is 10.1. The summed E-state index contributed by atoms with van der Waals surface area (Å²) in [4.78, 5) is 11.7. The zero-order chi connectivity index (χ0) is 13.4. The number of benzene rings is 1. The van der Waals surface area contributed by atoms with Gasteiger partial charge in [-0.15, -0.1) is 0 Å². The largest absolute Gasteiger partial charge is 0.380 e. The minimum Gasteiger partial charge on any atom is -0.380 e. The maximum absolute atomic E-state index is 11.7. The Morgan fingerprint density at radius 1 is 1.44 bits per heavy atom. The second-order valence-corrected chi connectivity index (χ2v) is 3.98. The van der Waals surface area contributed by atoms with E-state index in [-0.39, 0.29) is 18.4 Å². The van der Waals surface area contributed by atoms with Crippen LogP contribution < -0.4 is 11.1 Å². The van der Waals surface area contributed by atoms with Crippen molar-refractivity contribution in [1.29, 1.82) is 0 Å². The highest BCUT2D eigenvalue weighted by atomic mass is 16.5. The first-order valence-corrected chi connectivity index (χ1v) is 5.80. The summed E-state index contributed by atoms with van der Waals surface area (Å²) in [5.74, 6) is -0.109. The van der Waals surface area contributed by atoms with Crippen LogP contribution in [0.3, 0.4) is 0 Å². The highest BCUT2D eigenvalue weighted by Gasteiger charge is 2.11. The molecule has 0 saturated carbocycles. The first-order valence-electron chi connectivity index (χ1n) is 5.80. The van der Waals surface area contributed by atoms with Gasteiger partial charge in [0.25, 0.3) is 0 Å². The van der Waals surface area contributed by atoms with Crippen LogP contribution in [0.1, 0.15) is 12.0 Å². The van der Waals surface area contributed by atoms with Gasteiger partial charge in [0.2, 0.25) is 5.91 Å². The van der Waals surface area contributed by atoms with E-state index in [0.29, 0.717) is 13.2 Å². The van der Waals surface area contributed by atoms with Crippen molar-refractivity contribution in [1.82, 2.24) is 0 Å². The average Bonchev–Trinajstić information content (AvgIpc) is 2.36. The molecule has 5 heteroatoms. The van der Waals surface area contributed by atoms with Gasteiger partial charge in [0.05, 0.1) is 19.1 Å². The third-order valence-electron chi connectivity index (χ3n) is 2.53. The van der Waals surface area contributed by atoms with Crippen molar-refractivity contribution in [2.75, 3.05) is 26.1 Å². The van der Waals surface area contributed by atoms with Crippen LogP contribution in [0.5, 0.6) is 0 Å². The summed E-state index contributed by atoms with van der Waals surface area (Å²) in [5, 5.41) is 2.81. The molecule has 0 heterocycles. The Morgan fingerprint density at radius 3 is 2.83 bits per heavy atom. The quantitative estimate of drug-likeness (QED) is 0.763. The molecule has 5 nitrogen and oxygen atoms in total. The number of anilines is 1. The van der Waals surface area contributed by atoms with Crippen LogP contribution in [0, 0.1) is 0 Å². The second-order valence-electron chi connectivity index (χ2n) is 3.98. The predicted molar refractivity (Wildman–Crippen MR) is 70.3 cm³/mol. The number of nitrogens with two attached hydrogens (primary N) is 1. The van der Waals surface area contributed by atoms with E-state index in [1.807, 2.05) is 24.3 Å². The first kappa shape index (κ1) is 14.6. The number of rotatable bonds is 7. The maximum Gasteiger partial charge on any atom is 0.227 e. The van der Waals surface area contributed by atoms with Crippen molar-refractivity contribution in [3.8, 4) is 0 Å². The van der Waals surface area contributed by atoms with E-state index >= 15 is 0 Å². The number of ether oxygens (including phenoxy) is 2. The van der Waals surface area contributed by atoms with Gasteiger partial charge in [-0.05, 0) is 17.7 Å². The Kier molecular flexibility index (Phi) is 6.35. The first-order chi connectivity index (χ1) is 8.69. The van der Waals surface area contributed by atoms with Crippen molar-refractivity contribution >= 4 is 11.6 Å². The zero-order valence-electron chi connectivity index (χ0n) is 10.8. The van der Waals surface area contributed by atoms with Crippen LogP contribution in [-0.4, -0.2) is 32.8 Å². The normalized spacial score (nSPS) is 12.2. The molecule has 3 N–H and O–H groups in total. The smallest absolute Gasteiger partial charge is 0.227 e. The average molecular weight is 252 g/mol. The molecule has 1 rings (SSSR count). The SMILES string of the molecule is COCc1cccc(NC(=O)CC(CN)OC)c1. The number of methoxy groups -OCH3 is 2. The Bertz CT molecular complexity index is 378. The summed E-state index contributed by atoms with van der Waals surface area (Å²) >= 11 is 0. The van der Waals surface area contributed by atoms with Gasteiger partial charge in [0.15, 0.2) is 0 Å². The van der Waals surface area contributed by atoms with Crippen LogP contribution in [0.25, 0.3) is 0 Å². The summed E-state index contributed by atoms with van der Waals surface area (Å²) in [7, 11) is 3.18. The Balaban J connectivity index is 2.55. The number of carbonyl (C=O) groups is 1. The molecule has 0 aliphatic heterocycles. The minimum atomic E-state index is -0.243. The highest BCUT2D eigenvalue weighted by molar-refractivity contribution is 5.91. The lowest BCUT2D eigenvalue weighted by Crippen LogP contribution is -2.28. The standard InChI is InChI=1S/C13H20N2O3/c1-17-9-10-4-3-5-11(6-10)15-13(16)7-12(8-14)18-2/h3-6,12H,7-9,14H2,1-2H3,(H,15,16). The lowest BCUT2D eigenvalue weighted by Gasteiger charge is -2.13. The Labute approximate surface area is 107 Å². The molecular formula is C13H20N2O3. The lowest BCUT2D eigenvalue weighted by atomic mass is 10.2. The predicted octanol–water partition coefficient (Wildman–Crippen LogP) is 1.14. The van der Waals surface area contributed by atoms with Crippen molar-refractivity contribution in [3.63, 3.8) is 0 Å². The fourth-order valence-corrected chi connectivity index (χ4v) is 1.59. The molecule has 1 unspecified atom stereocenters. The van der Waals surface area contributed by atoms with E-state index in [0.717, 1.165) is 11.3 Å². The summed E-state index contributed by atoms with van der Waals surface area (Å²) in [6, 6.07) is 7.53. The molecule has 0 bridgehead atoms. The molecule has 18 heavy (non-hydrogen) atoms. The van der Waals surface area contributed by atoms with Crippen molar-refractivity contribution in [3.05, 3.63) is 29.8 Å². The van der Waals surface area contributed by atoms with Gasteiger partial charge < -0.3 is 20.5 Å². The van der Waals surface area contributed by atoms with Crippen LogP contribution in [-0.2, 0) is 20.9 Å². The number of amides is 1. The molecule has 1 atom stereocenters. The molecule has 0 fully saturated rings. The van der Waals surface area contributed by atoms with E-state index in [1.165, 1.54) is 0 Å². The molecule has 0 saturated heterocycles. The number of carbonyl (C=O) groups excluding carboxylic acids is 1. The Morgan fingerprint density at radius 2 is 2.22 bits per heavy atom. The Hall–Kier alpha value is -1.43. The third kappa shape index (κ3) is 4.83. The molecule has 0 spiro atoms. The van der Waals surface area contributed by atoms with E-state index in [2.05, 4.69) is 5.32 Å². The third-order valence-corrected chi connectivity index (χ3v) is 2.53. The van der Waals surface area contributed by atoms with Gasteiger partial charge in [0, 0.05) is 26.5 Å². The molecular weight excluding hydrogens is 232 g/mol. The van der Waals surface area contributed by atoms with Gasteiger partial charge in [-0.2, -0.15) is 0 Å². The summed E-state index contributed by atoms with van der Waals surface area (Å²) in [6.45, 7) is 0.848. The van der Waals surface area contributed by atoms with Gasteiger partial charge in [-0.3, -0.25) is 4.79 Å². The number of hydrogen-bond acceptors (Lipinski definition) is 4. The van der Waals surface area contributed by atoms with Crippen LogP contribution in [0.2, 0.25) is 0 Å². The molecule has 0 radical (unpaired) electrons. The molecule has 1 amide bonds. The molecule has 0 aromatic heterocycles. The van der Waals surface area contributed by atoms with Crippen LogP contribution >= 0.6 is 0 Å². The van der Waals surface area contributed by atoms with Gasteiger partial charge >= 0.3 is 0 Å². The van der Waals surface area contributed by atoms with Crippen LogP contribution in [0.15, 0.2) is 24.3 Å². The lowest BCUT2D eigenvalue weighted by molar-refractivity contribution is -0.118. The maximum atomic E-state index is 11.7.